The standard InChI is InChI=1S/C25H21N5O3/c1-11-20(12(2)33-30-11)16-9-18-15(10-19(16)32-4)21-23(26-13(3)27-24(21)28-18)22-14-7-5-6-8-17(14)29-25(22)31/h5-10,22H,1-4H3,(H,29,31)(H,26,27,28). The Hall–Kier alpha value is -4.20. The van der Waals surface area contributed by atoms with E-state index in [-0.39, 0.29) is 5.91 Å². The smallest absolute Gasteiger partial charge is 0.238 e. The van der Waals surface area contributed by atoms with Gasteiger partial charge in [0.1, 0.15) is 28.9 Å². The molecule has 1 unspecified atom stereocenters. The van der Waals surface area contributed by atoms with Gasteiger partial charge in [-0.3, -0.25) is 4.79 Å². The van der Waals surface area contributed by atoms with Crippen LogP contribution in [0.15, 0.2) is 40.9 Å². The number of amides is 1. The minimum Gasteiger partial charge on any atom is -0.496 e. The van der Waals surface area contributed by atoms with E-state index in [0.717, 1.165) is 50.1 Å². The predicted molar refractivity (Wildman–Crippen MR) is 125 cm³/mol. The Balaban J connectivity index is 1.66. The van der Waals surface area contributed by atoms with Gasteiger partial charge in [-0.15, -0.1) is 0 Å². The number of para-hydroxylation sites is 1. The Bertz CT molecular complexity index is 1580. The Morgan fingerprint density at radius 2 is 1.91 bits per heavy atom. The van der Waals surface area contributed by atoms with Crippen molar-refractivity contribution in [3.05, 3.63) is 64.9 Å². The lowest BCUT2D eigenvalue weighted by Gasteiger charge is -2.12. The highest BCUT2D eigenvalue weighted by Gasteiger charge is 2.35. The highest BCUT2D eigenvalue weighted by atomic mass is 16.5. The van der Waals surface area contributed by atoms with Crippen LogP contribution in [0.5, 0.6) is 5.75 Å². The summed E-state index contributed by atoms with van der Waals surface area (Å²) in [6, 6.07) is 11.7. The van der Waals surface area contributed by atoms with Gasteiger partial charge in [-0.1, -0.05) is 23.4 Å². The van der Waals surface area contributed by atoms with E-state index in [1.807, 2.05) is 57.2 Å². The second kappa shape index (κ2) is 6.90. The molecular weight excluding hydrogens is 418 g/mol. The summed E-state index contributed by atoms with van der Waals surface area (Å²) in [5.41, 5.74) is 6.53. The van der Waals surface area contributed by atoms with Crippen LogP contribution in [0.1, 0.15) is 34.5 Å². The van der Waals surface area contributed by atoms with Crippen LogP contribution < -0.4 is 10.1 Å². The number of aromatic nitrogens is 4. The minimum absolute atomic E-state index is 0.0933. The fraction of sp³-hybridized carbons (Fsp3) is 0.200. The lowest BCUT2D eigenvalue weighted by atomic mass is 9.93. The molecule has 1 aliphatic rings. The summed E-state index contributed by atoms with van der Waals surface area (Å²) in [6.07, 6.45) is 0. The maximum Gasteiger partial charge on any atom is 0.238 e. The number of aryl methyl sites for hydroxylation is 3. The Morgan fingerprint density at radius 1 is 1.09 bits per heavy atom. The molecule has 164 valence electrons. The van der Waals surface area contributed by atoms with Crippen molar-refractivity contribution in [3.8, 4) is 16.9 Å². The van der Waals surface area contributed by atoms with Crippen molar-refractivity contribution in [2.75, 3.05) is 12.4 Å². The van der Waals surface area contributed by atoms with Gasteiger partial charge >= 0.3 is 0 Å². The molecule has 0 saturated carbocycles. The van der Waals surface area contributed by atoms with E-state index in [4.69, 9.17) is 14.2 Å². The summed E-state index contributed by atoms with van der Waals surface area (Å²) >= 11 is 0. The van der Waals surface area contributed by atoms with E-state index in [0.29, 0.717) is 22.9 Å². The van der Waals surface area contributed by atoms with Crippen molar-refractivity contribution in [2.45, 2.75) is 26.7 Å². The quantitative estimate of drug-likeness (QED) is 0.419. The van der Waals surface area contributed by atoms with Crippen LogP contribution in [0.4, 0.5) is 5.69 Å². The Labute approximate surface area is 189 Å². The third-order valence-electron chi connectivity index (χ3n) is 6.28. The highest BCUT2D eigenvalue weighted by molar-refractivity contribution is 6.13. The van der Waals surface area contributed by atoms with Gasteiger partial charge in [0, 0.05) is 27.5 Å². The third-order valence-corrected chi connectivity index (χ3v) is 6.28. The lowest BCUT2D eigenvalue weighted by molar-refractivity contribution is -0.116. The zero-order valence-corrected chi connectivity index (χ0v) is 18.6. The molecule has 1 amide bonds. The number of methoxy groups -OCH3 is 1. The summed E-state index contributed by atoms with van der Waals surface area (Å²) < 4.78 is 11.2. The number of carbonyl (C=O) groups is 1. The molecule has 33 heavy (non-hydrogen) atoms. The van der Waals surface area contributed by atoms with Crippen LogP contribution in [0.25, 0.3) is 33.1 Å². The van der Waals surface area contributed by atoms with Crippen molar-refractivity contribution >= 4 is 33.5 Å². The van der Waals surface area contributed by atoms with Crippen molar-refractivity contribution in [1.29, 1.82) is 0 Å². The number of H-pyrrole nitrogens is 1. The number of benzene rings is 2. The van der Waals surface area contributed by atoms with E-state index in [2.05, 4.69) is 20.4 Å². The molecule has 0 spiro atoms. The van der Waals surface area contributed by atoms with Gasteiger partial charge in [0.15, 0.2) is 0 Å². The first kappa shape index (κ1) is 19.5. The van der Waals surface area contributed by atoms with E-state index < -0.39 is 5.92 Å². The molecule has 0 radical (unpaired) electrons. The Kier molecular flexibility index (Phi) is 4.07. The SMILES string of the molecule is COc1cc2c(cc1-c1c(C)noc1C)[nH]c1nc(C)nc(C3C(=O)Nc4ccccc43)c12. The Morgan fingerprint density at radius 3 is 2.67 bits per heavy atom. The second-order valence-electron chi connectivity index (χ2n) is 8.31. The first-order chi connectivity index (χ1) is 16.0. The molecule has 4 heterocycles. The molecule has 3 aromatic heterocycles. The van der Waals surface area contributed by atoms with E-state index in [9.17, 15) is 4.79 Å². The summed E-state index contributed by atoms with van der Waals surface area (Å²) in [6.45, 7) is 5.63. The molecule has 1 aliphatic heterocycles. The number of carbonyl (C=O) groups excluding carboxylic acids is 1. The highest BCUT2D eigenvalue weighted by Crippen LogP contribution is 2.43. The molecule has 0 saturated heterocycles. The number of nitrogens with zero attached hydrogens (tertiary/aromatic N) is 3. The summed E-state index contributed by atoms with van der Waals surface area (Å²) in [5, 5.41) is 8.78. The molecule has 2 aromatic carbocycles. The number of fused-ring (bicyclic) bond motifs is 4. The van der Waals surface area contributed by atoms with Crippen LogP contribution in [0.2, 0.25) is 0 Å². The molecule has 0 aliphatic carbocycles. The molecule has 0 bridgehead atoms. The van der Waals surface area contributed by atoms with Crippen LogP contribution >= 0.6 is 0 Å². The molecule has 5 aromatic rings. The van der Waals surface area contributed by atoms with E-state index >= 15 is 0 Å². The number of ether oxygens (including phenoxy) is 1. The van der Waals surface area contributed by atoms with Gasteiger partial charge in [-0.2, -0.15) is 0 Å². The van der Waals surface area contributed by atoms with Gasteiger partial charge in [-0.05, 0) is 44.5 Å². The van der Waals surface area contributed by atoms with Gasteiger partial charge in [-0.25, -0.2) is 9.97 Å². The van der Waals surface area contributed by atoms with Crippen LogP contribution in [0.3, 0.4) is 0 Å². The average molecular weight is 439 g/mol. The third kappa shape index (κ3) is 2.77. The van der Waals surface area contributed by atoms with E-state index in [1.165, 1.54) is 0 Å². The lowest BCUT2D eigenvalue weighted by Crippen LogP contribution is -2.15. The molecule has 6 rings (SSSR count). The van der Waals surface area contributed by atoms with Crippen molar-refractivity contribution in [3.63, 3.8) is 0 Å². The molecule has 1 atom stereocenters. The van der Waals surface area contributed by atoms with Gasteiger partial charge in [0.05, 0.1) is 24.1 Å². The van der Waals surface area contributed by atoms with Gasteiger partial charge in [0.25, 0.3) is 0 Å². The largest absolute Gasteiger partial charge is 0.496 e. The molecule has 8 nitrogen and oxygen atoms in total. The van der Waals surface area contributed by atoms with Crippen molar-refractivity contribution in [1.82, 2.24) is 20.1 Å². The number of anilines is 1. The number of nitrogens with one attached hydrogen (secondary N) is 2. The molecular formula is C25H21N5O3. The normalized spacial score (nSPS) is 15.3. The second-order valence-corrected chi connectivity index (χ2v) is 8.31. The monoisotopic (exact) mass is 439 g/mol. The summed E-state index contributed by atoms with van der Waals surface area (Å²) in [5.74, 6) is 1.39. The molecule has 0 fully saturated rings. The van der Waals surface area contributed by atoms with Gasteiger partial charge < -0.3 is 19.6 Å². The van der Waals surface area contributed by atoms with Crippen LogP contribution in [-0.4, -0.2) is 33.1 Å². The summed E-state index contributed by atoms with van der Waals surface area (Å²) in [7, 11) is 1.64. The zero-order chi connectivity index (χ0) is 22.9. The minimum atomic E-state index is -0.516. The fourth-order valence-corrected chi connectivity index (χ4v) is 4.89. The number of hydrogen-bond acceptors (Lipinski definition) is 6. The predicted octanol–water partition coefficient (Wildman–Crippen LogP) is 4.78. The molecule has 8 heteroatoms. The number of aromatic amines is 1. The van der Waals surface area contributed by atoms with Crippen LogP contribution in [0, 0.1) is 20.8 Å². The first-order valence-corrected chi connectivity index (χ1v) is 10.7. The number of rotatable bonds is 3. The fourth-order valence-electron chi connectivity index (χ4n) is 4.89. The van der Waals surface area contributed by atoms with E-state index in [1.54, 1.807) is 7.11 Å². The topological polar surface area (TPSA) is 106 Å². The maximum atomic E-state index is 13.0. The average Bonchev–Trinajstić information content (AvgIpc) is 3.43. The van der Waals surface area contributed by atoms with Crippen molar-refractivity contribution < 1.29 is 14.1 Å². The summed E-state index contributed by atoms with van der Waals surface area (Å²) in [4.78, 5) is 25.8. The van der Waals surface area contributed by atoms with Gasteiger partial charge in [0.2, 0.25) is 5.91 Å². The van der Waals surface area contributed by atoms with Crippen molar-refractivity contribution in [2.24, 2.45) is 0 Å². The first-order valence-electron chi connectivity index (χ1n) is 10.7. The molecule has 2 N–H and O–H groups in total. The van der Waals surface area contributed by atoms with Crippen LogP contribution in [-0.2, 0) is 4.79 Å². The zero-order valence-electron chi connectivity index (χ0n) is 18.6. The maximum absolute atomic E-state index is 13.0. The number of hydrogen-bond donors (Lipinski definition) is 2.